The van der Waals surface area contributed by atoms with Gasteiger partial charge in [0.1, 0.15) is 0 Å². The molecule has 0 aromatic heterocycles. The Balaban J connectivity index is 2.46. The standard InChI is InChI=1S/C13H24N2O3Si/c1-16-19(17-2,18-10-9-15-12-14)11-8-13-6-4-3-5-7-13/h3-7,15H,8-12,14H2,1-2H3. The minimum absolute atomic E-state index is 0.446. The summed E-state index contributed by atoms with van der Waals surface area (Å²) in [5.41, 5.74) is 6.62. The van der Waals surface area contributed by atoms with Crippen molar-refractivity contribution in [2.45, 2.75) is 12.5 Å². The highest BCUT2D eigenvalue weighted by atomic mass is 28.4. The lowest BCUT2D eigenvalue weighted by molar-refractivity contribution is 0.0992. The molecule has 0 spiro atoms. The van der Waals surface area contributed by atoms with Crippen molar-refractivity contribution in [3.05, 3.63) is 35.9 Å². The summed E-state index contributed by atoms with van der Waals surface area (Å²) in [7, 11) is 0.743. The summed E-state index contributed by atoms with van der Waals surface area (Å²) in [6.07, 6.45) is 0.888. The summed E-state index contributed by atoms with van der Waals surface area (Å²) in [6.45, 7) is 1.69. The molecule has 5 nitrogen and oxygen atoms in total. The summed E-state index contributed by atoms with van der Waals surface area (Å²) < 4.78 is 16.9. The van der Waals surface area contributed by atoms with Crippen LogP contribution in [0.15, 0.2) is 30.3 Å². The second kappa shape index (κ2) is 9.19. The van der Waals surface area contributed by atoms with E-state index in [1.165, 1.54) is 5.56 Å². The van der Waals surface area contributed by atoms with E-state index in [9.17, 15) is 0 Å². The molecule has 1 rings (SSSR count). The molecule has 0 unspecified atom stereocenters. The molecule has 6 heteroatoms. The van der Waals surface area contributed by atoms with Crippen molar-refractivity contribution in [1.82, 2.24) is 5.32 Å². The molecule has 3 N–H and O–H groups in total. The third kappa shape index (κ3) is 5.81. The summed E-state index contributed by atoms with van der Waals surface area (Å²) in [4.78, 5) is 0. The summed E-state index contributed by atoms with van der Waals surface area (Å²) in [6, 6.07) is 11.0. The number of benzene rings is 1. The molecule has 0 fully saturated rings. The summed E-state index contributed by atoms with van der Waals surface area (Å²) in [5, 5.41) is 3.01. The Morgan fingerprint density at radius 1 is 1.16 bits per heavy atom. The molecule has 0 aliphatic carbocycles. The first-order chi connectivity index (χ1) is 9.26. The normalized spacial score (nSPS) is 11.7. The second-order valence-electron chi connectivity index (χ2n) is 4.13. The average molecular weight is 284 g/mol. The summed E-state index contributed by atoms with van der Waals surface area (Å²) >= 11 is 0. The zero-order valence-electron chi connectivity index (χ0n) is 11.7. The van der Waals surface area contributed by atoms with E-state index in [2.05, 4.69) is 17.4 Å². The Labute approximate surface area is 116 Å². The molecule has 19 heavy (non-hydrogen) atoms. The van der Waals surface area contributed by atoms with Crippen molar-refractivity contribution >= 4 is 8.80 Å². The Bertz CT molecular complexity index is 334. The molecular formula is C13H24N2O3Si. The van der Waals surface area contributed by atoms with Crippen molar-refractivity contribution in [1.29, 1.82) is 0 Å². The van der Waals surface area contributed by atoms with E-state index in [0.717, 1.165) is 12.5 Å². The monoisotopic (exact) mass is 284 g/mol. The first-order valence-electron chi connectivity index (χ1n) is 6.45. The fraction of sp³-hybridized carbons (Fsp3) is 0.538. The van der Waals surface area contributed by atoms with Gasteiger partial charge in [-0.05, 0) is 12.0 Å². The lowest BCUT2D eigenvalue weighted by Crippen LogP contribution is -2.45. The average Bonchev–Trinajstić information content (AvgIpc) is 2.48. The van der Waals surface area contributed by atoms with Crippen molar-refractivity contribution in [3.8, 4) is 0 Å². The van der Waals surface area contributed by atoms with E-state index >= 15 is 0 Å². The maximum absolute atomic E-state index is 5.83. The third-order valence-corrected chi connectivity index (χ3v) is 5.68. The van der Waals surface area contributed by atoms with E-state index in [-0.39, 0.29) is 0 Å². The largest absolute Gasteiger partial charge is 0.500 e. The Hall–Kier alpha value is -0.763. The first kappa shape index (κ1) is 16.3. The molecule has 0 heterocycles. The van der Waals surface area contributed by atoms with Gasteiger partial charge in [-0.15, -0.1) is 0 Å². The molecule has 0 aliphatic heterocycles. The molecule has 0 saturated heterocycles. The van der Waals surface area contributed by atoms with Crippen LogP contribution >= 0.6 is 0 Å². The number of nitrogens with one attached hydrogen (secondary N) is 1. The van der Waals surface area contributed by atoms with Crippen LogP contribution in [0.2, 0.25) is 6.04 Å². The molecule has 0 radical (unpaired) electrons. The number of nitrogens with two attached hydrogens (primary N) is 1. The van der Waals surface area contributed by atoms with Crippen LogP contribution in [-0.2, 0) is 19.7 Å². The molecule has 1 aromatic carbocycles. The number of hydrogen-bond acceptors (Lipinski definition) is 5. The van der Waals surface area contributed by atoms with Crippen LogP contribution in [0.25, 0.3) is 0 Å². The van der Waals surface area contributed by atoms with Gasteiger partial charge in [0.05, 0.1) is 6.61 Å². The fourth-order valence-electron chi connectivity index (χ4n) is 1.80. The lowest BCUT2D eigenvalue weighted by atomic mass is 10.2. The van der Waals surface area contributed by atoms with Crippen LogP contribution in [0.5, 0.6) is 0 Å². The van der Waals surface area contributed by atoms with Crippen LogP contribution in [0.3, 0.4) is 0 Å². The van der Waals surface area contributed by atoms with E-state index < -0.39 is 8.80 Å². The first-order valence-corrected chi connectivity index (χ1v) is 8.38. The molecule has 0 amide bonds. The van der Waals surface area contributed by atoms with Gasteiger partial charge in [0, 0.05) is 33.5 Å². The van der Waals surface area contributed by atoms with Crippen molar-refractivity contribution in [2.24, 2.45) is 5.73 Å². The minimum atomic E-state index is -2.56. The predicted molar refractivity (Wildman–Crippen MR) is 77.7 cm³/mol. The van der Waals surface area contributed by atoms with Gasteiger partial charge in [0.15, 0.2) is 0 Å². The van der Waals surface area contributed by atoms with Gasteiger partial charge < -0.3 is 24.3 Å². The van der Waals surface area contributed by atoms with Gasteiger partial charge in [0.2, 0.25) is 0 Å². The molecule has 0 aliphatic rings. The molecule has 1 aromatic rings. The van der Waals surface area contributed by atoms with Crippen LogP contribution in [0.1, 0.15) is 5.56 Å². The zero-order valence-corrected chi connectivity index (χ0v) is 12.7. The summed E-state index contributed by atoms with van der Waals surface area (Å²) in [5.74, 6) is 0. The van der Waals surface area contributed by atoms with Crippen LogP contribution in [0, 0.1) is 0 Å². The third-order valence-electron chi connectivity index (χ3n) is 2.93. The Morgan fingerprint density at radius 3 is 2.42 bits per heavy atom. The number of aryl methyl sites for hydroxylation is 1. The van der Waals surface area contributed by atoms with E-state index in [4.69, 9.17) is 19.0 Å². The molecule has 0 saturated carbocycles. The van der Waals surface area contributed by atoms with Gasteiger partial charge in [-0.3, -0.25) is 0 Å². The minimum Gasteiger partial charge on any atom is -0.377 e. The number of hydrogen-bond donors (Lipinski definition) is 2. The lowest BCUT2D eigenvalue weighted by Gasteiger charge is -2.26. The van der Waals surface area contributed by atoms with E-state index in [0.29, 0.717) is 19.8 Å². The Kier molecular flexibility index (Phi) is 7.88. The zero-order chi connectivity index (χ0) is 14.0. The van der Waals surface area contributed by atoms with E-state index in [1.54, 1.807) is 14.2 Å². The van der Waals surface area contributed by atoms with Crippen molar-refractivity contribution in [3.63, 3.8) is 0 Å². The highest BCUT2D eigenvalue weighted by molar-refractivity contribution is 6.60. The quantitative estimate of drug-likeness (QED) is 0.381. The maximum Gasteiger partial charge on any atom is 0.500 e. The SMILES string of the molecule is CO[Si](CCc1ccccc1)(OC)OCCNCN. The fourth-order valence-corrected chi connectivity index (χ4v) is 3.76. The van der Waals surface area contributed by atoms with Crippen LogP contribution in [-0.4, -0.2) is 42.8 Å². The van der Waals surface area contributed by atoms with Gasteiger partial charge in [-0.2, -0.15) is 0 Å². The van der Waals surface area contributed by atoms with Gasteiger partial charge in [-0.25, -0.2) is 0 Å². The maximum atomic E-state index is 5.83. The molecular weight excluding hydrogens is 260 g/mol. The highest BCUT2D eigenvalue weighted by Crippen LogP contribution is 2.17. The highest BCUT2D eigenvalue weighted by Gasteiger charge is 2.38. The number of rotatable bonds is 10. The molecule has 0 bridgehead atoms. The Morgan fingerprint density at radius 2 is 1.84 bits per heavy atom. The smallest absolute Gasteiger partial charge is 0.377 e. The van der Waals surface area contributed by atoms with Crippen LogP contribution in [0.4, 0.5) is 0 Å². The van der Waals surface area contributed by atoms with Gasteiger partial charge in [-0.1, -0.05) is 30.3 Å². The second-order valence-corrected chi connectivity index (χ2v) is 7.10. The van der Waals surface area contributed by atoms with Crippen molar-refractivity contribution < 1.29 is 13.3 Å². The predicted octanol–water partition coefficient (Wildman–Crippen LogP) is 0.983. The molecule has 0 atom stereocenters. The van der Waals surface area contributed by atoms with Crippen molar-refractivity contribution in [2.75, 3.05) is 34.0 Å². The topological polar surface area (TPSA) is 65.7 Å². The molecule has 108 valence electrons. The van der Waals surface area contributed by atoms with E-state index in [1.807, 2.05) is 18.2 Å². The van der Waals surface area contributed by atoms with Gasteiger partial charge >= 0.3 is 8.80 Å². The van der Waals surface area contributed by atoms with Gasteiger partial charge in [0.25, 0.3) is 0 Å². The van der Waals surface area contributed by atoms with Crippen LogP contribution < -0.4 is 11.1 Å².